The fourth-order valence-electron chi connectivity index (χ4n) is 0.601. The number of hydrogen-bond donors (Lipinski definition) is 0. The molecule has 0 aliphatic rings. The molecule has 1 rings (SSSR count). The largest absolute Gasteiger partial charge is 0.222 e. The van der Waals surface area contributed by atoms with Gasteiger partial charge < -0.3 is 0 Å². The van der Waals surface area contributed by atoms with Gasteiger partial charge in [-0.25, -0.2) is 8.42 Å². The maximum absolute atomic E-state index is 11.1. The van der Waals surface area contributed by atoms with Crippen LogP contribution in [-0.2, 0) is 9.84 Å². The minimum absolute atomic E-state index is 0.0440. The molecule has 1 aromatic heterocycles. The van der Waals surface area contributed by atoms with E-state index in [-0.39, 0.29) is 10.8 Å². The van der Waals surface area contributed by atoms with Gasteiger partial charge in [0.05, 0.1) is 5.75 Å². The smallest absolute Gasteiger partial charge is 0.197 e. The molecule has 1 heterocycles. The van der Waals surface area contributed by atoms with Crippen molar-refractivity contribution in [2.24, 2.45) is 0 Å². The van der Waals surface area contributed by atoms with Crippen LogP contribution in [0.15, 0.2) is 23.4 Å². The first-order valence-corrected chi connectivity index (χ1v) is 4.82. The summed E-state index contributed by atoms with van der Waals surface area (Å²) in [5, 5.41) is 7.00. The van der Waals surface area contributed by atoms with Crippen molar-refractivity contribution in [2.75, 3.05) is 5.75 Å². The van der Waals surface area contributed by atoms with Crippen molar-refractivity contribution in [2.45, 2.75) is 11.9 Å². The van der Waals surface area contributed by atoms with Gasteiger partial charge in [0.15, 0.2) is 14.9 Å². The Morgan fingerprint density at radius 2 is 2.27 bits per heavy atom. The van der Waals surface area contributed by atoms with E-state index in [1.807, 2.05) is 0 Å². The first kappa shape index (κ1) is 8.13. The third-order valence-electron chi connectivity index (χ3n) is 1.25. The maximum atomic E-state index is 11.1. The zero-order valence-corrected chi connectivity index (χ0v) is 6.87. The van der Waals surface area contributed by atoms with Crippen molar-refractivity contribution in [3.8, 4) is 0 Å². The molecule has 11 heavy (non-hydrogen) atoms. The molecule has 0 radical (unpaired) electrons. The van der Waals surface area contributed by atoms with Crippen LogP contribution in [0.5, 0.6) is 0 Å². The molecule has 0 aliphatic carbocycles. The first-order chi connectivity index (χ1) is 5.17. The number of sulfone groups is 1. The van der Waals surface area contributed by atoms with E-state index in [0.29, 0.717) is 0 Å². The van der Waals surface area contributed by atoms with Crippen molar-refractivity contribution in [1.82, 2.24) is 10.2 Å². The summed E-state index contributed by atoms with van der Waals surface area (Å²) < 4.78 is 22.2. The summed E-state index contributed by atoms with van der Waals surface area (Å²) >= 11 is 0. The Hall–Kier alpha value is -0.970. The average molecular weight is 172 g/mol. The lowest BCUT2D eigenvalue weighted by Crippen LogP contribution is -2.06. The number of hydrogen-bond acceptors (Lipinski definition) is 4. The van der Waals surface area contributed by atoms with E-state index in [1.165, 1.54) is 12.3 Å². The Morgan fingerprint density at radius 3 is 2.73 bits per heavy atom. The zero-order chi connectivity index (χ0) is 8.32. The van der Waals surface area contributed by atoms with Gasteiger partial charge in [-0.15, -0.1) is 5.10 Å². The van der Waals surface area contributed by atoms with Crippen LogP contribution in [0.1, 0.15) is 6.92 Å². The third-order valence-corrected chi connectivity index (χ3v) is 2.86. The lowest BCUT2D eigenvalue weighted by molar-refractivity contribution is 0.591. The number of rotatable bonds is 2. The lowest BCUT2D eigenvalue weighted by Gasteiger charge is -1.95. The van der Waals surface area contributed by atoms with Crippen LogP contribution in [0.25, 0.3) is 0 Å². The van der Waals surface area contributed by atoms with E-state index in [2.05, 4.69) is 10.2 Å². The van der Waals surface area contributed by atoms with Crippen LogP contribution in [0.3, 0.4) is 0 Å². The highest BCUT2D eigenvalue weighted by atomic mass is 32.2. The summed E-state index contributed by atoms with van der Waals surface area (Å²) in [6, 6.07) is 2.99. The highest BCUT2D eigenvalue weighted by Crippen LogP contribution is 2.03. The zero-order valence-electron chi connectivity index (χ0n) is 6.06. The van der Waals surface area contributed by atoms with E-state index >= 15 is 0 Å². The standard InChI is InChI=1S/C6H8N2O2S/c1-2-11(9,10)6-4-3-5-7-8-6/h3-5H,2H2,1H3. The Labute approximate surface area is 65.2 Å². The average Bonchev–Trinajstić information content (AvgIpc) is 2.06. The summed E-state index contributed by atoms with van der Waals surface area (Å²) in [6.45, 7) is 1.57. The molecular weight excluding hydrogens is 164 g/mol. The fourth-order valence-corrected chi connectivity index (χ4v) is 1.35. The first-order valence-electron chi connectivity index (χ1n) is 3.17. The highest BCUT2D eigenvalue weighted by molar-refractivity contribution is 7.91. The predicted molar refractivity (Wildman–Crippen MR) is 39.8 cm³/mol. The molecule has 0 aromatic carbocycles. The molecule has 0 spiro atoms. The van der Waals surface area contributed by atoms with E-state index < -0.39 is 9.84 Å². The van der Waals surface area contributed by atoms with Gasteiger partial charge in [-0.2, -0.15) is 5.10 Å². The lowest BCUT2D eigenvalue weighted by atomic mass is 10.6. The predicted octanol–water partition coefficient (Wildman–Crippen LogP) is 0.270. The Morgan fingerprint density at radius 1 is 1.55 bits per heavy atom. The number of nitrogens with zero attached hydrogens (tertiary/aromatic N) is 2. The van der Waals surface area contributed by atoms with Gasteiger partial charge in [0.25, 0.3) is 0 Å². The van der Waals surface area contributed by atoms with E-state index in [0.717, 1.165) is 0 Å². The molecule has 0 fully saturated rings. The van der Waals surface area contributed by atoms with Crippen molar-refractivity contribution >= 4 is 9.84 Å². The molecule has 0 aliphatic heterocycles. The molecule has 0 atom stereocenters. The second kappa shape index (κ2) is 2.96. The van der Waals surface area contributed by atoms with Gasteiger partial charge in [0, 0.05) is 6.20 Å². The van der Waals surface area contributed by atoms with Gasteiger partial charge in [-0.05, 0) is 12.1 Å². The molecule has 0 amide bonds. The fraction of sp³-hybridized carbons (Fsp3) is 0.333. The van der Waals surface area contributed by atoms with Crippen LogP contribution >= 0.6 is 0 Å². The highest BCUT2D eigenvalue weighted by Gasteiger charge is 2.11. The van der Waals surface area contributed by atoms with Crippen LogP contribution in [-0.4, -0.2) is 24.4 Å². The molecule has 0 saturated heterocycles. The van der Waals surface area contributed by atoms with Gasteiger partial charge in [0.2, 0.25) is 0 Å². The van der Waals surface area contributed by atoms with Crippen molar-refractivity contribution in [1.29, 1.82) is 0 Å². The Balaban J connectivity index is 3.14. The maximum Gasteiger partial charge on any atom is 0.197 e. The minimum Gasteiger partial charge on any atom is -0.222 e. The quantitative estimate of drug-likeness (QED) is 0.642. The third kappa shape index (κ3) is 1.74. The van der Waals surface area contributed by atoms with Crippen LogP contribution in [0.4, 0.5) is 0 Å². The number of aromatic nitrogens is 2. The van der Waals surface area contributed by atoms with E-state index in [9.17, 15) is 8.42 Å². The van der Waals surface area contributed by atoms with Gasteiger partial charge in [-0.3, -0.25) is 0 Å². The molecule has 1 aromatic rings. The Kier molecular flexibility index (Phi) is 2.19. The normalized spacial score (nSPS) is 11.4. The van der Waals surface area contributed by atoms with E-state index in [4.69, 9.17) is 0 Å². The van der Waals surface area contributed by atoms with Crippen LogP contribution in [0, 0.1) is 0 Å². The van der Waals surface area contributed by atoms with Crippen molar-refractivity contribution in [3.63, 3.8) is 0 Å². The molecule has 0 saturated carbocycles. The Bertz CT molecular complexity index is 320. The molecule has 0 bridgehead atoms. The molecule has 0 N–H and O–H groups in total. The topological polar surface area (TPSA) is 59.9 Å². The molecule has 4 nitrogen and oxygen atoms in total. The van der Waals surface area contributed by atoms with E-state index in [1.54, 1.807) is 13.0 Å². The second-order valence-electron chi connectivity index (χ2n) is 1.97. The van der Waals surface area contributed by atoms with Crippen molar-refractivity contribution in [3.05, 3.63) is 18.3 Å². The van der Waals surface area contributed by atoms with Gasteiger partial charge >= 0.3 is 0 Å². The van der Waals surface area contributed by atoms with Crippen LogP contribution in [0.2, 0.25) is 0 Å². The molecule has 5 heteroatoms. The summed E-state index contributed by atoms with van der Waals surface area (Å²) in [5.74, 6) is 0.0612. The second-order valence-corrected chi connectivity index (χ2v) is 4.19. The summed E-state index contributed by atoms with van der Waals surface area (Å²) in [7, 11) is -3.17. The summed E-state index contributed by atoms with van der Waals surface area (Å²) in [4.78, 5) is 0. The molecular formula is C6H8N2O2S. The summed E-state index contributed by atoms with van der Waals surface area (Å²) in [6.07, 6.45) is 1.44. The molecule has 0 unspecified atom stereocenters. The SMILES string of the molecule is CCS(=O)(=O)c1cccnn1. The monoisotopic (exact) mass is 172 g/mol. The van der Waals surface area contributed by atoms with Gasteiger partial charge in [-0.1, -0.05) is 6.92 Å². The van der Waals surface area contributed by atoms with Crippen molar-refractivity contribution < 1.29 is 8.42 Å². The summed E-state index contributed by atoms with van der Waals surface area (Å²) in [5.41, 5.74) is 0. The minimum atomic E-state index is -3.17. The molecule has 60 valence electrons. The van der Waals surface area contributed by atoms with Gasteiger partial charge in [0.1, 0.15) is 0 Å². The van der Waals surface area contributed by atoms with Crippen LogP contribution < -0.4 is 0 Å².